The molecule has 60 valence electrons. The second-order valence-corrected chi connectivity index (χ2v) is 4.41. The van der Waals surface area contributed by atoms with E-state index >= 15 is 0 Å². The van der Waals surface area contributed by atoms with Crippen LogP contribution in [0.1, 0.15) is 38.5 Å². The summed E-state index contributed by atoms with van der Waals surface area (Å²) in [7, 11) is 0. The molecule has 1 atom stereocenters. The van der Waals surface area contributed by atoms with Crippen LogP contribution in [0.4, 0.5) is 0 Å². The fourth-order valence-corrected chi connectivity index (χ4v) is 3.18. The first-order valence-electron chi connectivity index (χ1n) is 4.54. The van der Waals surface area contributed by atoms with Crippen molar-refractivity contribution in [1.29, 1.82) is 0 Å². The summed E-state index contributed by atoms with van der Waals surface area (Å²) in [4.78, 5) is 0. The van der Waals surface area contributed by atoms with E-state index in [1.807, 2.05) is 0 Å². The van der Waals surface area contributed by atoms with Crippen LogP contribution >= 0.6 is 0 Å². The molecule has 3 rings (SSSR count). The lowest BCUT2D eigenvalue weighted by Gasteiger charge is -2.57. The fraction of sp³-hybridized carbons (Fsp3) is 0.889. The first-order valence-corrected chi connectivity index (χ1v) is 4.54. The zero-order chi connectivity index (χ0) is 7.53. The van der Waals surface area contributed by atoms with Gasteiger partial charge in [-0.15, -0.1) is 0 Å². The first-order chi connectivity index (χ1) is 5.33. The summed E-state index contributed by atoms with van der Waals surface area (Å²) in [5.41, 5.74) is 2.18. The Morgan fingerprint density at radius 3 is 2.09 bits per heavy atom. The molecule has 3 aliphatic carbocycles. The molecule has 2 nitrogen and oxygen atoms in total. The van der Waals surface area contributed by atoms with Gasteiger partial charge in [0.1, 0.15) is 0 Å². The quantitative estimate of drug-likeness (QED) is 0.417. The maximum Gasteiger partial charge on any atom is 0.0638 e. The predicted octanol–water partition coefficient (Wildman–Crippen LogP) is 2.17. The van der Waals surface area contributed by atoms with Crippen molar-refractivity contribution in [2.75, 3.05) is 0 Å². The molecule has 0 unspecified atom stereocenters. The van der Waals surface area contributed by atoms with E-state index in [-0.39, 0.29) is 0 Å². The molecule has 0 aliphatic heterocycles. The van der Waals surface area contributed by atoms with Crippen LogP contribution in [0, 0.1) is 10.8 Å². The van der Waals surface area contributed by atoms with E-state index in [0.29, 0.717) is 10.8 Å². The maximum absolute atomic E-state index is 8.73. The predicted molar refractivity (Wildman–Crippen MR) is 41.8 cm³/mol. The minimum absolute atomic E-state index is 0.418. The molecule has 0 bridgehead atoms. The van der Waals surface area contributed by atoms with Crippen LogP contribution in [0.3, 0.4) is 0 Å². The number of fused-ring (bicyclic) bond motifs is 1. The molecule has 0 aromatic carbocycles. The fourth-order valence-electron chi connectivity index (χ4n) is 3.18. The third kappa shape index (κ3) is 0.445. The zero-order valence-corrected chi connectivity index (χ0v) is 6.64. The van der Waals surface area contributed by atoms with Gasteiger partial charge in [0.25, 0.3) is 0 Å². The van der Waals surface area contributed by atoms with E-state index in [1.54, 1.807) is 0 Å². The van der Waals surface area contributed by atoms with Crippen LogP contribution in [0.2, 0.25) is 0 Å². The largest absolute Gasteiger partial charge is 0.411 e. The molecule has 2 spiro atoms. The minimum atomic E-state index is 0.418. The van der Waals surface area contributed by atoms with Crippen molar-refractivity contribution in [3.63, 3.8) is 0 Å². The Hall–Kier alpha value is -0.530. The van der Waals surface area contributed by atoms with Crippen molar-refractivity contribution in [3.8, 4) is 0 Å². The molecule has 0 saturated heterocycles. The minimum Gasteiger partial charge on any atom is -0.411 e. The number of hydrogen-bond acceptors (Lipinski definition) is 2. The smallest absolute Gasteiger partial charge is 0.0638 e. The average Bonchev–Trinajstić information content (AvgIpc) is 2.63. The van der Waals surface area contributed by atoms with Crippen LogP contribution in [-0.2, 0) is 0 Å². The summed E-state index contributed by atoms with van der Waals surface area (Å²) < 4.78 is 0. The van der Waals surface area contributed by atoms with E-state index in [1.165, 1.54) is 32.1 Å². The Balaban J connectivity index is 1.96. The summed E-state index contributed by atoms with van der Waals surface area (Å²) in [5.74, 6) is 0. The molecule has 1 N–H and O–H groups in total. The van der Waals surface area contributed by atoms with Crippen molar-refractivity contribution in [3.05, 3.63) is 0 Å². The van der Waals surface area contributed by atoms with Crippen molar-refractivity contribution in [2.24, 2.45) is 16.0 Å². The molecule has 0 aromatic rings. The summed E-state index contributed by atoms with van der Waals surface area (Å²) in [5, 5.41) is 12.2. The summed E-state index contributed by atoms with van der Waals surface area (Å²) in [6.07, 6.45) is 7.83. The second-order valence-electron chi connectivity index (χ2n) is 4.41. The van der Waals surface area contributed by atoms with E-state index < -0.39 is 0 Å². The third-order valence-corrected chi connectivity index (χ3v) is 4.36. The monoisotopic (exact) mass is 151 g/mol. The van der Waals surface area contributed by atoms with Gasteiger partial charge in [-0.2, -0.15) is 0 Å². The lowest BCUT2D eigenvalue weighted by atomic mass is 9.46. The highest BCUT2D eigenvalue weighted by atomic mass is 16.4. The second kappa shape index (κ2) is 1.47. The molecule has 3 fully saturated rings. The van der Waals surface area contributed by atoms with Gasteiger partial charge in [0.2, 0.25) is 0 Å². The molecule has 3 aliphatic rings. The third-order valence-electron chi connectivity index (χ3n) is 4.36. The van der Waals surface area contributed by atoms with Gasteiger partial charge in [-0.25, -0.2) is 0 Å². The highest BCUT2D eigenvalue weighted by Crippen LogP contribution is 2.76. The van der Waals surface area contributed by atoms with Crippen LogP contribution < -0.4 is 0 Å². The van der Waals surface area contributed by atoms with Crippen molar-refractivity contribution < 1.29 is 5.21 Å². The highest BCUT2D eigenvalue weighted by molar-refractivity contribution is 5.97. The lowest BCUT2D eigenvalue weighted by Crippen LogP contribution is -2.55. The van der Waals surface area contributed by atoms with Crippen LogP contribution in [0.25, 0.3) is 0 Å². The van der Waals surface area contributed by atoms with Gasteiger partial charge in [0.15, 0.2) is 0 Å². The molecule has 0 heterocycles. The Morgan fingerprint density at radius 2 is 1.82 bits per heavy atom. The maximum atomic E-state index is 8.73. The van der Waals surface area contributed by atoms with Crippen molar-refractivity contribution >= 4 is 5.71 Å². The Bertz CT molecular complexity index is 238. The van der Waals surface area contributed by atoms with Crippen LogP contribution in [0.15, 0.2) is 5.16 Å². The number of rotatable bonds is 0. The normalized spacial score (nSPS) is 47.5. The van der Waals surface area contributed by atoms with Crippen LogP contribution in [-0.4, -0.2) is 10.9 Å². The van der Waals surface area contributed by atoms with E-state index in [0.717, 1.165) is 12.1 Å². The highest BCUT2D eigenvalue weighted by Gasteiger charge is 2.70. The average molecular weight is 151 g/mol. The van der Waals surface area contributed by atoms with Crippen molar-refractivity contribution in [1.82, 2.24) is 0 Å². The topological polar surface area (TPSA) is 32.6 Å². The van der Waals surface area contributed by atoms with Gasteiger partial charge in [-0.3, -0.25) is 0 Å². The van der Waals surface area contributed by atoms with Crippen LogP contribution in [0.5, 0.6) is 0 Å². The Kier molecular flexibility index (Phi) is 0.809. The summed E-state index contributed by atoms with van der Waals surface area (Å²) in [6.45, 7) is 0. The van der Waals surface area contributed by atoms with Gasteiger partial charge >= 0.3 is 0 Å². The first kappa shape index (κ1) is 6.04. The molecule has 0 aromatic heterocycles. The molecule has 3 saturated carbocycles. The van der Waals surface area contributed by atoms with Gasteiger partial charge in [0, 0.05) is 5.41 Å². The summed E-state index contributed by atoms with van der Waals surface area (Å²) in [6, 6.07) is 0. The van der Waals surface area contributed by atoms with Gasteiger partial charge < -0.3 is 5.21 Å². The van der Waals surface area contributed by atoms with E-state index in [4.69, 9.17) is 5.21 Å². The standard InChI is InChI=1S/C9H13NO/c11-10-7-1-2-9(7)6-5-8(9)3-4-8/h11H,1-6H2/b10-7-/t9-/m1/s1. The summed E-state index contributed by atoms with van der Waals surface area (Å²) >= 11 is 0. The number of oxime groups is 1. The zero-order valence-electron chi connectivity index (χ0n) is 6.64. The number of hydrogen-bond donors (Lipinski definition) is 1. The van der Waals surface area contributed by atoms with E-state index in [2.05, 4.69) is 5.16 Å². The Morgan fingerprint density at radius 1 is 1.09 bits per heavy atom. The van der Waals surface area contributed by atoms with Gasteiger partial charge in [-0.05, 0) is 43.9 Å². The van der Waals surface area contributed by atoms with E-state index in [9.17, 15) is 0 Å². The number of nitrogens with zero attached hydrogens (tertiary/aromatic N) is 1. The molecular formula is C9H13NO. The van der Waals surface area contributed by atoms with Gasteiger partial charge in [-0.1, -0.05) is 5.16 Å². The molecule has 0 radical (unpaired) electrons. The molecule has 0 amide bonds. The molecule has 11 heavy (non-hydrogen) atoms. The lowest BCUT2D eigenvalue weighted by molar-refractivity contribution is 0.0375. The molecule has 2 heteroatoms. The van der Waals surface area contributed by atoms with Gasteiger partial charge in [0.05, 0.1) is 5.71 Å². The SMILES string of the molecule is O/N=C1/CC[C@@]12CCC21CC1. The van der Waals surface area contributed by atoms with Crippen molar-refractivity contribution in [2.45, 2.75) is 38.5 Å². The Labute approximate surface area is 66.3 Å². The molecular weight excluding hydrogens is 138 g/mol.